The molecule has 8 nitrogen and oxygen atoms in total. The number of nitrogens with one attached hydrogen (secondary N) is 2. The molecule has 0 aliphatic carbocycles. The lowest BCUT2D eigenvalue weighted by atomic mass is 10.1. The first kappa shape index (κ1) is 20.1. The highest BCUT2D eigenvalue weighted by Crippen LogP contribution is 2.19. The van der Waals surface area contributed by atoms with Crippen LogP contribution in [-0.2, 0) is 4.79 Å². The van der Waals surface area contributed by atoms with Crippen molar-refractivity contribution in [3.63, 3.8) is 0 Å². The minimum absolute atomic E-state index is 0.0429. The van der Waals surface area contributed by atoms with E-state index in [-0.39, 0.29) is 23.7 Å². The van der Waals surface area contributed by atoms with Crippen LogP contribution in [0.3, 0.4) is 0 Å². The Labute approximate surface area is 168 Å². The van der Waals surface area contributed by atoms with Crippen LogP contribution in [0.15, 0.2) is 60.7 Å². The van der Waals surface area contributed by atoms with Crippen LogP contribution in [0.2, 0.25) is 0 Å². The number of nitrogens with zero attached hydrogens (tertiary/aromatic N) is 2. The van der Waals surface area contributed by atoms with E-state index < -0.39 is 4.92 Å². The highest BCUT2D eigenvalue weighted by Gasteiger charge is 2.23. The van der Waals surface area contributed by atoms with Gasteiger partial charge in [0.05, 0.1) is 10.5 Å². The number of para-hydroxylation sites is 2. The van der Waals surface area contributed by atoms with Crippen LogP contribution >= 0.6 is 0 Å². The summed E-state index contributed by atoms with van der Waals surface area (Å²) in [4.78, 5) is 36.7. The summed E-state index contributed by atoms with van der Waals surface area (Å²) in [6.45, 7) is 1.08. The molecule has 150 valence electrons. The maximum atomic E-state index is 12.3. The van der Waals surface area contributed by atoms with Gasteiger partial charge in [-0.15, -0.1) is 0 Å². The molecular weight excluding hydrogens is 372 g/mol. The van der Waals surface area contributed by atoms with Crippen LogP contribution in [0.25, 0.3) is 6.08 Å². The van der Waals surface area contributed by atoms with E-state index in [2.05, 4.69) is 10.6 Å². The van der Waals surface area contributed by atoms with Gasteiger partial charge in [-0.05, 0) is 37.1 Å². The second kappa shape index (κ2) is 9.50. The summed E-state index contributed by atoms with van der Waals surface area (Å²) in [5.41, 5.74) is 1.07. The molecule has 2 aromatic carbocycles. The topological polar surface area (TPSA) is 105 Å². The Hall–Kier alpha value is -3.68. The number of carbonyl (C=O) groups is 2. The van der Waals surface area contributed by atoms with Crippen molar-refractivity contribution in [2.24, 2.45) is 0 Å². The van der Waals surface area contributed by atoms with E-state index in [0.717, 1.165) is 5.69 Å². The van der Waals surface area contributed by atoms with Crippen LogP contribution in [0.4, 0.5) is 16.2 Å². The number of benzene rings is 2. The number of carbonyl (C=O) groups excluding carboxylic acids is 2. The Morgan fingerprint density at radius 1 is 1.03 bits per heavy atom. The Bertz CT molecular complexity index is 906. The minimum Gasteiger partial charge on any atom is -0.350 e. The predicted molar refractivity (Wildman–Crippen MR) is 110 cm³/mol. The largest absolute Gasteiger partial charge is 0.350 e. The molecule has 3 amide bonds. The average molecular weight is 394 g/mol. The van der Waals surface area contributed by atoms with Crippen LogP contribution < -0.4 is 10.6 Å². The first-order chi connectivity index (χ1) is 14.0. The standard InChI is InChI=1S/C21H22N4O4/c26-20(11-10-16-6-4-5-9-19(16)25(28)29)22-18-12-14-24(15-13-18)21(27)23-17-7-2-1-3-8-17/h1-11,18H,12-15H2,(H,22,26)(H,23,27)/b11-10+. The third-order valence-corrected chi connectivity index (χ3v) is 4.70. The molecule has 0 radical (unpaired) electrons. The van der Waals surface area contributed by atoms with Gasteiger partial charge in [0.15, 0.2) is 0 Å². The van der Waals surface area contributed by atoms with Crippen molar-refractivity contribution in [3.05, 3.63) is 76.4 Å². The van der Waals surface area contributed by atoms with Crippen LogP contribution in [0.5, 0.6) is 0 Å². The molecule has 2 N–H and O–H groups in total. The van der Waals surface area contributed by atoms with Crippen molar-refractivity contribution in [2.45, 2.75) is 18.9 Å². The molecule has 1 heterocycles. The lowest BCUT2D eigenvalue weighted by Crippen LogP contribution is -2.47. The van der Waals surface area contributed by atoms with Gasteiger partial charge in [0, 0.05) is 37.0 Å². The lowest BCUT2D eigenvalue weighted by Gasteiger charge is -2.32. The summed E-state index contributed by atoms with van der Waals surface area (Å²) in [6.07, 6.45) is 4.03. The number of hydrogen-bond donors (Lipinski definition) is 2. The second-order valence-corrected chi connectivity index (χ2v) is 6.72. The van der Waals surface area contributed by atoms with Gasteiger partial charge in [-0.1, -0.05) is 30.3 Å². The number of anilines is 1. The molecule has 2 aromatic rings. The number of rotatable bonds is 5. The van der Waals surface area contributed by atoms with Crippen LogP contribution in [-0.4, -0.2) is 40.9 Å². The van der Waals surface area contributed by atoms with Gasteiger partial charge in [0.25, 0.3) is 5.69 Å². The molecule has 0 saturated carbocycles. The van der Waals surface area contributed by atoms with E-state index in [1.54, 1.807) is 23.1 Å². The predicted octanol–water partition coefficient (Wildman–Crippen LogP) is 3.42. The Morgan fingerprint density at radius 3 is 2.38 bits per heavy atom. The summed E-state index contributed by atoms with van der Waals surface area (Å²) in [6, 6.07) is 15.3. The molecule has 1 aliphatic rings. The molecule has 1 saturated heterocycles. The molecule has 0 bridgehead atoms. The third-order valence-electron chi connectivity index (χ3n) is 4.70. The monoisotopic (exact) mass is 394 g/mol. The summed E-state index contributed by atoms with van der Waals surface area (Å²) < 4.78 is 0. The Kier molecular flexibility index (Phi) is 6.57. The number of likely N-dealkylation sites (tertiary alicyclic amines) is 1. The summed E-state index contributed by atoms with van der Waals surface area (Å²) in [7, 11) is 0. The number of amides is 3. The number of urea groups is 1. The maximum Gasteiger partial charge on any atom is 0.321 e. The van der Waals surface area contributed by atoms with Gasteiger partial charge < -0.3 is 15.5 Å². The average Bonchev–Trinajstić information content (AvgIpc) is 2.73. The van der Waals surface area contributed by atoms with Crippen molar-refractivity contribution in [1.82, 2.24) is 10.2 Å². The smallest absolute Gasteiger partial charge is 0.321 e. The van der Waals surface area contributed by atoms with Gasteiger partial charge in [-0.25, -0.2) is 4.79 Å². The quantitative estimate of drug-likeness (QED) is 0.460. The van der Waals surface area contributed by atoms with Crippen molar-refractivity contribution in [1.29, 1.82) is 0 Å². The zero-order valence-corrected chi connectivity index (χ0v) is 15.8. The van der Waals surface area contributed by atoms with E-state index in [1.807, 2.05) is 30.3 Å². The normalized spacial score (nSPS) is 14.6. The van der Waals surface area contributed by atoms with E-state index >= 15 is 0 Å². The van der Waals surface area contributed by atoms with Crippen molar-refractivity contribution in [2.75, 3.05) is 18.4 Å². The molecule has 0 spiro atoms. The van der Waals surface area contributed by atoms with Gasteiger partial charge in [-0.3, -0.25) is 14.9 Å². The minimum atomic E-state index is -0.478. The van der Waals surface area contributed by atoms with E-state index in [1.165, 1.54) is 18.2 Å². The third kappa shape index (κ3) is 5.65. The Morgan fingerprint density at radius 2 is 1.69 bits per heavy atom. The van der Waals surface area contributed by atoms with Crippen LogP contribution in [0, 0.1) is 10.1 Å². The second-order valence-electron chi connectivity index (χ2n) is 6.72. The number of piperidine rings is 1. The molecule has 0 aromatic heterocycles. The van der Waals surface area contributed by atoms with Crippen LogP contribution in [0.1, 0.15) is 18.4 Å². The van der Waals surface area contributed by atoms with E-state index in [4.69, 9.17) is 0 Å². The highest BCUT2D eigenvalue weighted by atomic mass is 16.6. The maximum absolute atomic E-state index is 12.3. The molecule has 0 atom stereocenters. The molecule has 1 aliphatic heterocycles. The van der Waals surface area contributed by atoms with Gasteiger partial charge >= 0.3 is 6.03 Å². The van der Waals surface area contributed by atoms with Gasteiger partial charge in [0.2, 0.25) is 5.91 Å². The number of nitro benzene ring substituents is 1. The summed E-state index contributed by atoms with van der Waals surface area (Å²) >= 11 is 0. The Balaban J connectivity index is 1.47. The molecule has 29 heavy (non-hydrogen) atoms. The van der Waals surface area contributed by atoms with Gasteiger partial charge in [-0.2, -0.15) is 0 Å². The number of hydrogen-bond acceptors (Lipinski definition) is 4. The lowest BCUT2D eigenvalue weighted by molar-refractivity contribution is -0.385. The van der Waals surface area contributed by atoms with Crippen molar-refractivity contribution >= 4 is 29.4 Å². The molecule has 1 fully saturated rings. The zero-order valence-electron chi connectivity index (χ0n) is 15.8. The fraction of sp³-hybridized carbons (Fsp3) is 0.238. The molecular formula is C21H22N4O4. The fourth-order valence-electron chi connectivity index (χ4n) is 3.16. The van der Waals surface area contributed by atoms with E-state index in [9.17, 15) is 19.7 Å². The summed E-state index contributed by atoms with van der Waals surface area (Å²) in [5, 5.41) is 16.8. The zero-order chi connectivity index (χ0) is 20.6. The fourth-order valence-corrected chi connectivity index (χ4v) is 3.16. The molecule has 0 unspecified atom stereocenters. The van der Waals surface area contributed by atoms with E-state index in [0.29, 0.717) is 31.5 Å². The van der Waals surface area contributed by atoms with Crippen molar-refractivity contribution < 1.29 is 14.5 Å². The van der Waals surface area contributed by atoms with Crippen molar-refractivity contribution in [3.8, 4) is 0 Å². The summed E-state index contributed by atoms with van der Waals surface area (Å²) in [5.74, 6) is -0.310. The molecule has 8 heteroatoms. The highest BCUT2D eigenvalue weighted by molar-refractivity contribution is 5.92. The number of nitro groups is 1. The van der Waals surface area contributed by atoms with Gasteiger partial charge in [0.1, 0.15) is 0 Å². The first-order valence-corrected chi connectivity index (χ1v) is 9.36. The molecule has 3 rings (SSSR count). The first-order valence-electron chi connectivity index (χ1n) is 9.36. The SMILES string of the molecule is O=C(/C=C/c1ccccc1[N+](=O)[O-])NC1CCN(C(=O)Nc2ccccc2)CC1.